The Labute approximate surface area is 107 Å². The zero-order valence-electron chi connectivity index (χ0n) is 11.0. The second-order valence-corrected chi connectivity index (χ2v) is 4.97. The smallest absolute Gasteiger partial charge is 0.293 e. The predicted molar refractivity (Wildman–Crippen MR) is 70.8 cm³/mol. The van der Waals surface area contributed by atoms with Crippen molar-refractivity contribution in [3.05, 3.63) is 29.8 Å². The number of anilines is 1. The zero-order valence-corrected chi connectivity index (χ0v) is 11.0. The van der Waals surface area contributed by atoms with Gasteiger partial charge in [-0.05, 0) is 32.9 Å². The van der Waals surface area contributed by atoms with Gasteiger partial charge in [0.1, 0.15) is 5.60 Å². The van der Waals surface area contributed by atoms with Crippen LogP contribution < -0.4 is 5.32 Å². The van der Waals surface area contributed by atoms with Crippen LogP contribution >= 0.6 is 0 Å². The molecule has 0 spiro atoms. The summed E-state index contributed by atoms with van der Waals surface area (Å²) in [4.78, 5) is 20.8. The number of fused-ring (bicyclic) bond motifs is 1. The highest BCUT2D eigenvalue weighted by molar-refractivity contribution is 6.02. The van der Waals surface area contributed by atoms with E-state index in [1.807, 2.05) is 45.0 Å². The summed E-state index contributed by atoms with van der Waals surface area (Å²) >= 11 is 0. The molecular weight excluding hydrogens is 230 g/mol. The van der Waals surface area contributed by atoms with Crippen molar-refractivity contribution in [3.8, 4) is 0 Å². The summed E-state index contributed by atoms with van der Waals surface area (Å²) in [6, 6.07) is 7.63. The zero-order chi connectivity index (χ0) is 13.6. The molecule has 0 aliphatic carbocycles. The molecule has 2 rings (SSSR count). The van der Waals surface area contributed by atoms with Crippen molar-refractivity contribution in [2.45, 2.75) is 32.8 Å². The van der Waals surface area contributed by atoms with Crippen molar-refractivity contribution in [2.75, 3.05) is 11.9 Å². The first-order valence-electron chi connectivity index (χ1n) is 5.91. The topological polar surface area (TPSA) is 55.4 Å². The van der Waals surface area contributed by atoms with Crippen LogP contribution in [0, 0.1) is 0 Å². The van der Waals surface area contributed by atoms with Crippen molar-refractivity contribution in [1.29, 1.82) is 0 Å². The van der Waals surface area contributed by atoms with E-state index in [0.29, 0.717) is 12.9 Å². The van der Waals surface area contributed by atoms with Gasteiger partial charge in [0.15, 0.2) is 5.78 Å². The van der Waals surface area contributed by atoms with Gasteiger partial charge in [-0.1, -0.05) is 12.1 Å². The van der Waals surface area contributed by atoms with E-state index in [4.69, 9.17) is 0 Å². The maximum atomic E-state index is 11.2. The van der Waals surface area contributed by atoms with E-state index in [-0.39, 0.29) is 11.4 Å². The third-order valence-electron chi connectivity index (χ3n) is 2.30. The van der Waals surface area contributed by atoms with Crippen molar-refractivity contribution >= 4 is 17.9 Å². The van der Waals surface area contributed by atoms with Crippen LogP contribution in [0.1, 0.15) is 37.6 Å². The van der Waals surface area contributed by atoms with Crippen LogP contribution in [-0.4, -0.2) is 24.4 Å². The lowest BCUT2D eigenvalue weighted by Crippen LogP contribution is -2.17. The summed E-state index contributed by atoms with van der Waals surface area (Å²) in [5, 5.41) is 3.17. The summed E-state index contributed by atoms with van der Waals surface area (Å²) in [5.74, 6) is 0.249. The van der Waals surface area contributed by atoms with Crippen molar-refractivity contribution < 1.29 is 14.3 Å². The fraction of sp³-hybridized carbons (Fsp3) is 0.429. The number of para-hydroxylation sites is 1. The maximum Gasteiger partial charge on any atom is 0.293 e. The molecule has 0 radical (unpaired) electrons. The number of Topliss-reactive ketones (excluding diaryl/α,β-unsaturated/α-hetero) is 1. The summed E-state index contributed by atoms with van der Waals surface area (Å²) in [6.07, 6.45) is 0.622. The minimum atomic E-state index is -0.318. The van der Waals surface area contributed by atoms with Gasteiger partial charge in [-0.3, -0.25) is 9.59 Å². The lowest BCUT2D eigenvalue weighted by molar-refractivity contribution is -0.138. The van der Waals surface area contributed by atoms with Gasteiger partial charge in [0.2, 0.25) is 0 Å². The Hall–Kier alpha value is -1.84. The molecule has 0 fully saturated rings. The van der Waals surface area contributed by atoms with Gasteiger partial charge in [0, 0.05) is 24.2 Å². The molecule has 0 amide bonds. The molecule has 98 valence electrons. The highest BCUT2D eigenvalue weighted by atomic mass is 16.5. The number of rotatable bonds is 1. The van der Waals surface area contributed by atoms with E-state index in [9.17, 15) is 9.59 Å². The van der Waals surface area contributed by atoms with Crippen LogP contribution in [0.5, 0.6) is 0 Å². The molecule has 1 N–H and O–H groups in total. The number of carbonyl (C=O) groups is 2. The fourth-order valence-corrected chi connectivity index (χ4v) is 1.47. The van der Waals surface area contributed by atoms with E-state index < -0.39 is 0 Å². The first-order chi connectivity index (χ1) is 8.44. The summed E-state index contributed by atoms with van der Waals surface area (Å²) in [5.41, 5.74) is 1.49. The molecule has 0 saturated heterocycles. The Morgan fingerprint density at radius 3 is 2.44 bits per heavy atom. The molecule has 4 heteroatoms. The number of benzene rings is 1. The molecule has 0 unspecified atom stereocenters. The number of nitrogens with one attached hydrogen (secondary N) is 1. The van der Waals surface area contributed by atoms with Crippen LogP contribution in [0.15, 0.2) is 24.3 Å². The SMILES string of the molecule is CC(C)(C)OC=O.O=C1CCNc2ccccc21. The van der Waals surface area contributed by atoms with Gasteiger partial charge in [-0.2, -0.15) is 0 Å². The molecule has 1 heterocycles. The van der Waals surface area contributed by atoms with Crippen LogP contribution in [-0.2, 0) is 9.53 Å². The molecule has 4 nitrogen and oxygen atoms in total. The van der Waals surface area contributed by atoms with Gasteiger partial charge in [-0.25, -0.2) is 0 Å². The molecular formula is C14H19NO3. The Bertz CT molecular complexity index is 421. The molecule has 1 aromatic carbocycles. The average molecular weight is 249 g/mol. The second kappa shape index (κ2) is 6.19. The summed E-state index contributed by atoms with van der Waals surface area (Å²) < 4.78 is 4.55. The summed E-state index contributed by atoms with van der Waals surface area (Å²) in [6.45, 7) is 6.69. The second-order valence-electron chi connectivity index (χ2n) is 4.97. The minimum absolute atomic E-state index is 0.249. The third-order valence-corrected chi connectivity index (χ3v) is 2.30. The van der Waals surface area contributed by atoms with Crippen molar-refractivity contribution in [3.63, 3.8) is 0 Å². The van der Waals surface area contributed by atoms with E-state index in [1.165, 1.54) is 0 Å². The molecule has 1 aromatic rings. The lowest BCUT2D eigenvalue weighted by atomic mass is 10.0. The van der Waals surface area contributed by atoms with Crippen LogP contribution in [0.2, 0.25) is 0 Å². The monoisotopic (exact) mass is 249 g/mol. The molecule has 18 heavy (non-hydrogen) atoms. The Kier molecular flexibility index (Phi) is 4.89. The van der Waals surface area contributed by atoms with E-state index in [1.54, 1.807) is 0 Å². The molecule has 0 atom stereocenters. The number of ketones is 1. The van der Waals surface area contributed by atoms with Gasteiger partial charge in [0.25, 0.3) is 6.47 Å². The minimum Gasteiger partial charge on any atom is -0.462 e. The van der Waals surface area contributed by atoms with E-state index >= 15 is 0 Å². The molecule has 0 saturated carbocycles. The van der Waals surface area contributed by atoms with Gasteiger partial charge < -0.3 is 10.1 Å². The molecule has 0 aromatic heterocycles. The Balaban J connectivity index is 0.000000203. The Morgan fingerprint density at radius 2 is 1.94 bits per heavy atom. The quantitative estimate of drug-likeness (QED) is 0.777. The first kappa shape index (κ1) is 14.2. The van der Waals surface area contributed by atoms with Gasteiger partial charge >= 0.3 is 0 Å². The molecule has 1 aliphatic rings. The van der Waals surface area contributed by atoms with Gasteiger partial charge in [0.05, 0.1) is 0 Å². The van der Waals surface area contributed by atoms with Crippen LogP contribution in [0.4, 0.5) is 5.69 Å². The average Bonchev–Trinajstić information content (AvgIpc) is 2.29. The van der Waals surface area contributed by atoms with Crippen LogP contribution in [0.3, 0.4) is 0 Å². The van der Waals surface area contributed by atoms with Gasteiger partial charge in [-0.15, -0.1) is 0 Å². The van der Waals surface area contributed by atoms with Crippen molar-refractivity contribution in [2.24, 2.45) is 0 Å². The maximum absolute atomic E-state index is 11.2. The fourth-order valence-electron chi connectivity index (χ4n) is 1.47. The summed E-state index contributed by atoms with van der Waals surface area (Å²) in [7, 11) is 0. The first-order valence-corrected chi connectivity index (χ1v) is 5.91. The number of carbonyl (C=O) groups excluding carboxylic acids is 2. The lowest BCUT2D eigenvalue weighted by Gasteiger charge is -2.15. The normalized spacial score (nSPS) is 13.6. The molecule has 1 aliphatic heterocycles. The number of hydrogen-bond donors (Lipinski definition) is 1. The predicted octanol–water partition coefficient (Wildman–Crippen LogP) is 2.64. The standard InChI is InChI=1S/C9H9NO.C5H10O2/c11-9-5-6-10-8-4-2-1-3-7(8)9;1-5(2,3)7-4-6/h1-4,10H,5-6H2;4H,1-3H3. The largest absolute Gasteiger partial charge is 0.462 e. The highest BCUT2D eigenvalue weighted by Crippen LogP contribution is 2.20. The highest BCUT2D eigenvalue weighted by Gasteiger charge is 2.14. The van der Waals surface area contributed by atoms with Crippen molar-refractivity contribution in [1.82, 2.24) is 0 Å². The number of hydrogen-bond acceptors (Lipinski definition) is 4. The van der Waals surface area contributed by atoms with Crippen LogP contribution in [0.25, 0.3) is 0 Å². The number of ether oxygens (including phenoxy) is 1. The van der Waals surface area contributed by atoms with E-state index in [0.717, 1.165) is 17.8 Å². The Morgan fingerprint density at radius 1 is 1.28 bits per heavy atom. The molecule has 0 bridgehead atoms. The van der Waals surface area contributed by atoms with E-state index in [2.05, 4.69) is 10.1 Å². The third kappa shape index (κ3) is 4.57.